The average Bonchev–Trinajstić information content (AvgIpc) is 2.48. The van der Waals surface area contributed by atoms with E-state index >= 15 is 0 Å². The van der Waals surface area contributed by atoms with Crippen LogP contribution in [0.15, 0.2) is 18.3 Å². The first kappa shape index (κ1) is 18.2. The molecule has 132 valence electrons. The highest BCUT2D eigenvalue weighted by Gasteiger charge is 2.36. The molecule has 1 fully saturated rings. The minimum atomic E-state index is -0.805. The fourth-order valence-electron chi connectivity index (χ4n) is 2.97. The number of ether oxygens (including phenoxy) is 1. The van der Waals surface area contributed by atoms with E-state index in [-0.39, 0.29) is 6.04 Å². The number of nitrogens with zero attached hydrogens (tertiary/aromatic N) is 2. The molecule has 0 aromatic carbocycles. The zero-order valence-electron chi connectivity index (χ0n) is 14.8. The molecular formula is C18H26N2O4. The van der Waals surface area contributed by atoms with Crippen LogP contribution in [-0.4, -0.2) is 33.8 Å². The van der Waals surface area contributed by atoms with E-state index in [0.29, 0.717) is 18.7 Å². The van der Waals surface area contributed by atoms with Crippen LogP contribution in [0.5, 0.6) is 0 Å². The predicted octanol–water partition coefficient (Wildman–Crippen LogP) is 3.77. The van der Waals surface area contributed by atoms with Gasteiger partial charge in [-0.1, -0.05) is 12.5 Å². The monoisotopic (exact) mass is 334 g/mol. The zero-order chi connectivity index (χ0) is 17.9. The fourth-order valence-corrected chi connectivity index (χ4v) is 2.97. The Bertz CT molecular complexity index is 592. The number of carboxylic acid groups (broad SMARTS) is 1. The molecule has 0 unspecified atom stereocenters. The highest BCUT2D eigenvalue weighted by atomic mass is 16.6. The van der Waals surface area contributed by atoms with Crippen molar-refractivity contribution in [1.82, 2.24) is 4.98 Å². The molecule has 0 bridgehead atoms. The minimum Gasteiger partial charge on any atom is -0.481 e. The number of hydrogen-bond acceptors (Lipinski definition) is 4. The van der Waals surface area contributed by atoms with Gasteiger partial charge in [-0.3, -0.25) is 9.69 Å². The maximum atomic E-state index is 12.7. The molecule has 1 amide bonds. The topological polar surface area (TPSA) is 79.7 Å². The van der Waals surface area contributed by atoms with E-state index in [2.05, 4.69) is 4.98 Å². The van der Waals surface area contributed by atoms with Crippen molar-refractivity contribution in [1.29, 1.82) is 0 Å². The Morgan fingerprint density at radius 1 is 1.29 bits per heavy atom. The maximum Gasteiger partial charge on any atom is 0.416 e. The van der Waals surface area contributed by atoms with Crippen molar-refractivity contribution in [3.05, 3.63) is 23.9 Å². The van der Waals surface area contributed by atoms with Crippen LogP contribution in [0.25, 0.3) is 0 Å². The van der Waals surface area contributed by atoms with Crippen molar-refractivity contribution < 1.29 is 19.4 Å². The highest BCUT2D eigenvalue weighted by Crippen LogP contribution is 2.31. The van der Waals surface area contributed by atoms with Crippen LogP contribution >= 0.6 is 0 Å². The Labute approximate surface area is 142 Å². The summed E-state index contributed by atoms with van der Waals surface area (Å²) in [4.78, 5) is 30.0. The molecule has 0 radical (unpaired) electrons. The second-order valence-corrected chi connectivity index (χ2v) is 7.40. The van der Waals surface area contributed by atoms with E-state index in [1.54, 1.807) is 12.3 Å². The van der Waals surface area contributed by atoms with E-state index in [1.165, 1.54) is 4.90 Å². The average molecular weight is 334 g/mol. The summed E-state index contributed by atoms with van der Waals surface area (Å²) in [6.07, 6.45) is 3.81. The molecule has 1 heterocycles. The van der Waals surface area contributed by atoms with Crippen LogP contribution in [0, 0.1) is 12.8 Å². The summed E-state index contributed by atoms with van der Waals surface area (Å²) in [5, 5.41) is 9.32. The number of carboxylic acids is 1. The van der Waals surface area contributed by atoms with E-state index < -0.39 is 23.6 Å². The lowest BCUT2D eigenvalue weighted by Gasteiger charge is -2.36. The first-order chi connectivity index (χ1) is 11.2. The normalized spacial score (nSPS) is 21.2. The lowest BCUT2D eigenvalue weighted by Crippen LogP contribution is -2.46. The molecule has 6 heteroatoms. The number of rotatable bonds is 3. The summed E-state index contributed by atoms with van der Waals surface area (Å²) in [6.45, 7) is 7.36. The molecule has 0 saturated heterocycles. The number of aliphatic carboxylic acids is 1. The molecule has 2 atom stereocenters. The molecule has 1 saturated carbocycles. The Hall–Kier alpha value is -2.11. The first-order valence-electron chi connectivity index (χ1n) is 8.35. The Morgan fingerprint density at radius 3 is 2.54 bits per heavy atom. The van der Waals surface area contributed by atoms with Gasteiger partial charge in [0.05, 0.1) is 5.92 Å². The number of aryl methyl sites for hydroxylation is 1. The summed E-state index contributed by atoms with van der Waals surface area (Å²) in [5.41, 5.74) is 0.371. The number of hydrogen-bond donors (Lipinski definition) is 1. The Kier molecular flexibility index (Phi) is 5.47. The van der Waals surface area contributed by atoms with Crippen LogP contribution < -0.4 is 4.90 Å². The minimum absolute atomic E-state index is 0.218. The summed E-state index contributed by atoms with van der Waals surface area (Å²) < 4.78 is 5.53. The van der Waals surface area contributed by atoms with E-state index in [0.717, 1.165) is 18.4 Å². The van der Waals surface area contributed by atoms with Gasteiger partial charge in [-0.05, 0) is 58.6 Å². The molecule has 1 aromatic rings. The van der Waals surface area contributed by atoms with Gasteiger partial charge in [0.15, 0.2) is 0 Å². The first-order valence-corrected chi connectivity index (χ1v) is 8.35. The van der Waals surface area contributed by atoms with Crippen molar-refractivity contribution in [3.8, 4) is 0 Å². The van der Waals surface area contributed by atoms with Crippen molar-refractivity contribution in [3.63, 3.8) is 0 Å². The molecule has 1 N–H and O–H groups in total. The Morgan fingerprint density at radius 2 is 2.00 bits per heavy atom. The van der Waals surface area contributed by atoms with E-state index in [1.807, 2.05) is 33.8 Å². The lowest BCUT2D eigenvalue weighted by atomic mass is 9.85. The summed E-state index contributed by atoms with van der Waals surface area (Å²) in [6, 6.07) is 3.45. The molecule has 24 heavy (non-hydrogen) atoms. The summed E-state index contributed by atoms with van der Waals surface area (Å²) in [7, 11) is 0. The van der Waals surface area contributed by atoms with Gasteiger partial charge in [0.25, 0.3) is 0 Å². The van der Waals surface area contributed by atoms with E-state index in [9.17, 15) is 14.7 Å². The molecule has 1 aliphatic carbocycles. The molecule has 6 nitrogen and oxygen atoms in total. The van der Waals surface area contributed by atoms with Gasteiger partial charge in [0, 0.05) is 12.2 Å². The third kappa shape index (κ3) is 4.69. The van der Waals surface area contributed by atoms with Crippen LogP contribution in [0.1, 0.15) is 52.0 Å². The summed E-state index contributed by atoms with van der Waals surface area (Å²) in [5.74, 6) is -0.731. The van der Waals surface area contributed by atoms with Gasteiger partial charge in [-0.25, -0.2) is 9.78 Å². The fraction of sp³-hybridized carbons (Fsp3) is 0.611. The number of anilines is 1. The predicted molar refractivity (Wildman–Crippen MR) is 91.1 cm³/mol. The van der Waals surface area contributed by atoms with Crippen LogP contribution in [0.3, 0.4) is 0 Å². The quantitative estimate of drug-likeness (QED) is 0.910. The van der Waals surface area contributed by atoms with Crippen molar-refractivity contribution in [2.75, 3.05) is 4.90 Å². The highest BCUT2D eigenvalue weighted by molar-refractivity contribution is 5.87. The van der Waals surface area contributed by atoms with Gasteiger partial charge >= 0.3 is 12.1 Å². The van der Waals surface area contributed by atoms with Crippen LogP contribution in [-0.2, 0) is 9.53 Å². The van der Waals surface area contributed by atoms with Gasteiger partial charge in [-0.2, -0.15) is 0 Å². The second-order valence-electron chi connectivity index (χ2n) is 7.40. The third-order valence-corrected chi connectivity index (χ3v) is 4.09. The van der Waals surface area contributed by atoms with Crippen molar-refractivity contribution >= 4 is 17.9 Å². The number of carbonyl (C=O) groups is 2. The second kappa shape index (κ2) is 7.20. The Balaban J connectivity index is 2.29. The molecule has 0 spiro atoms. The number of carbonyl (C=O) groups excluding carboxylic acids is 1. The van der Waals surface area contributed by atoms with E-state index in [4.69, 9.17) is 4.74 Å². The van der Waals surface area contributed by atoms with Gasteiger partial charge < -0.3 is 9.84 Å². The van der Waals surface area contributed by atoms with Crippen molar-refractivity contribution in [2.45, 2.75) is 65.0 Å². The SMILES string of the molecule is Cc1ccc(N(C(=O)OC(C)(C)C)[C@H]2CCC[C@@H](C(=O)O)C2)nc1. The number of amides is 1. The van der Waals surface area contributed by atoms with Crippen molar-refractivity contribution in [2.24, 2.45) is 5.92 Å². The van der Waals surface area contributed by atoms with Gasteiger partial charge in [0.2, 0.25) is 0 Å². The number of aromatic nitrogens is 1. The summed E-state index contributed by atoms with van der Waals surface area (Å²) >= 11 is 0. The van der Waals surface area contributed by atoms with Crippen LogP contribution in [0.2, 0.25) is 0 Å². The number of pyridine rings is 1. The molecule has 0 aliphatic heterocycles. The largest absolute Gasteiger partial charge is 0.481 e. The molecule has 1 aliphatic rings. The maximum absolute atomic E-state index is 12.7. The lowest BCUT2D eigenvalue weighted by molar-refractivity contribution is -0.143. The van der Waals surface area contributed by atoms with Gasteiger partial charge in [-0.15, -0.1) is 0 Å². The van der Waals surface area contributed by atoms with Crippen LogP contribution in [0.4, 0.5) is 10.6 Å². The third-order valence-electron chi connectivity index (χ3n) is 4.09. The smallest absolute Gasteiger partial charge is 0.416 e. The standard InChI is InChI=1S/C18H26N2O4/c1-12-8-9-15(19-11-12)20(17(23)24-18(2,3)4)14-7-5-6-13(10-14)16(21)22/h8-9,11,13-14H,5-7,10H2,1-4H3,(H,21,22)/t13-,14+/m1/s1. The molecule has 1 aromatic heterocycles. The molecule has 2 rings (SSSR count). The van der Waals surface area contributed by atoms with Gasteiger partial charge in [0.1, 0.15) is 11.4 Å². The zero-order valence-corrected chi connectivity index (χ0v) is 14.8. The molecular weight excluding hydrogens is 308 g/mol.